The zero-order valence-corrected chi connectivity index (χ0v) is 13.5. The molecule has 2 fully saturated rings. The van der Waals surface area contributed by atoms with Crippen LogP contribution >= 0.6 is 12.4 Å². The number of amides is 2. The summed E-state index contributed by atoms with van der Waals surface area (Å²) in [7, 11) is 0. The van der Waals surface area contributed by atoms with Crippen molar-refractivity contribution in [1.82, 2.24) is 9.80 Å². The van der Waals surface area contributed by atoms with Crippen molar-refractivity contribution in [3.05, 3.63) is 35.9 Å². The van der Waals surface area contributed by atoms with E-state index in [1.54, 1.807) is 6.92 Å². The van der Waals surface area contributed by atoms with Gasteiger partial charge in [0.15, 0.2) is 5.60 Å². The fourth-order valence-electron chi connectivity index (χ4n) is 3.10. The number of nitrogens with zero attached hydrogens (tertiary/aromatic N) is 2. The first-order chi connectivity index (χ1) is 10.1. The quantitative estimate of drug-likeness (QED) is 0.857. The van der Waals surface area contributed by atoms with Crippen molar-refractivity contribution in [2.24, 2.45) is 0 Å². The van der Waals surface area contributed by atoms with E-state index in [1.807, 2.05) is 18.2 Å². The van der Waals surface area contributed by atoms with Gasteiger partial charge in [-0.15, -0.1) is 12.4 Å². The second-order valence-electron chi connectivity index (χ2n) is 5.67. The monoisotopic (exact) mass is 324 g/mol. The minimum absolute atomic E-state index is 0. The second kappa shape index (κ2) is 6.67. The third-order valence-electron chi connectivity index (χ3n) is 4.37. The summed E-state index contributed by atoms with van der Waals surface area (Å²) in [6.07, 6.45) is 0.681. The molecule has 1 aromatic rings. The molecular formula is C16H21ClN2O3. The number of imide groups is 1. The van der Waals surface area contributed by atoms with E-state index in [2.05, 4.69) is 17.0 Å². The topological polar surface area (TPSA) is 49.9 Å². The lowest BCUT2D eigenvalue weighted by molar-refractivity contribution is -0.140. The molecule has 2 aliphatic rings. The number of carbonyl (C=O) groups excluding carboxylic acids is 2. The van der Waals surface area contributed by atoms with Crippen LogP contribution < -0.4 is 0 Å². The van der Waals surface area contributed by atoms with Gasteiger partial charge in [-0.05, 0) is 12.5 Å². The summed E-state index contributed by atoms with van der Waals surface area (Å²) in [5, 5.41) is 0. The van der Waals surface area contributed by atoms with Crippen LogP contribution in [0.3, 0.4) is 0 Å². The van der Waals surface area contributed by atoms with Gasteiger partial charge >= 0.3 is 6.09 Å². The maximum absolute atomic E-state index is 12.4. The third kappa shape index (κ3) is 2.96. The number of likely N-dealkylation sites (N-methyl/N-ethyl adjacent to an activating group) is 1. The molecule has 3 rings (SSSR count). The Kier molecular flexibility index (Phi) is 5.08. The maximum atomic E-state index is 12.4. The molecule has 0 bridgehead atoms. The first-order valence-electron chi connectivity index (χ1n) is 7.46. The number of hydrogen-bond donors (Lipinski definition) is 0. The first kappa shape index (κ1) is 16.8. The van der Waals surface area contributed by atoms with Gasteiger partial charge < -0.3 is 4.74 Å². The summed E-state index contributed by atoms with van der Waals surface area (Å²) in [5.41, 5.74) is 0.360. The molecule has 120 valence electrons. The summed E-state index contributed by atoms with van der Waals surface area (Å²) in [5.74, 6) is -0.158. The van der Waals surface area contributed by atoms with Crippen LogP contribution in [0.15, 0.2) is 30.3 Å². The van der Waals surface area contributed by atoms with E-state index < -0.39 is 11.7 Å². The summed E-state index contributed by atoms with van der Waals surface area (Å²) in [4.78, 5) is 27.6. The van der Waals surface area contributed by atoms with E-state index in [9.17, 15) is 9.59 Å². The predicted octanol–water partition coefficient (Wildman–Crippen LogP) is 2.44. The lowest BCUT2D eigenvalue weighted by atomic mass is 9.90. The van der Waals surface area contributed by atoms with Crippen molar-refractivity contribution < 1.29 is 14.3 Å². The maximum Gasteiger partial charge on any atom is 0.417 e. The first-order valence-corrected chi connectivity index (χ1v) is 7.46. The Bertz CT molecular complexity index is 542. The Labute approximate surface area is 136 Å². The van der Waals surface area contributed by atoms with Crippen molar-refractivity contribution in [3.8, 4) is 0 Å². The highest BCUT2D eigenvalue weighted by molar-refractivity contribution is 6.02. The van der Waals surface area contributed by atoms with Crippen molar-refractivity contribution in [2.75, 3.05) is 19.6 Å². The van der Waals surface area contributed by atoms with Crippen molar-refractivity contribution in [3.63, 3.8) is 0 Å². The number of ether oxygens (including phenoxy) is 1. The number of benzene rings is 1. The minimum Gasteiger partial charge on any atom is -0.432 e. The van der Waals surface area contributed by atoms with Gasteiger partial charge in [-0.25, -0.2) is 9.69 Å². The predicted molar refractivity (Wildman–Crippen MR) is 84.8 cm³/mol. The molecule has 2 aliphatic heterocycles. The van der Waals surface area contributed by atoms with Gasteiger partial charge in [0, 0.05) is 39.0 Å². The molecule has 0 aromatic heterocycles. The van der Waals surface area contributed by atoms with Crippen LogP contribution in [0, 0.1) is 0 Å². The van der Waals surface area contributed by atoms with Crippen molar-refractivity contribution in [1.29, 1.82) is 0 Å². The highest BCUT2D eigenvalue weighted by atomic mass is 35.5. The van der Waals surface area contributed by atoms with Crippen LogP contribution in [-0.2, 0) is 16.1 Å². The van der Waals surface area contributed by atoms with Crippen LogP contribution in [0.1, 0.15) is 25.3 Å². The SMILES string of the molecule is CCN1C(=O)OC2(CCN(Cc3ccccc3)CC2)C1=O.Cl. The Morgan fingerprint density at radius 3 is 2.32 bits per heavy atom. The van der Waals surface area contributed by atoms with Crippen molar-refractivity contribution in [2.45, 2.75) is 31.9 Å². The van der Waals surface area contributed by atoms with E-state index in [0.29, 0.717) is 19.4 Å². The molecule has 22 heavy (non-hydrogen) atoms. The van der Waals surface area contributed by atoms with Crippen LogP contribution in [0.2, 0.25) is 0 Å². The largest absolute Gasteiger partial charge is 0.432 e. The minimum atomic E-state index is -0.902. The van der Waals surface area contributed by atoms with Gasteiger partial charge in [-0.2, -0.15) is 0 Å². The lowest BCUT2D eigenvalue weighted by Crippen LogP contribution is -2.49. The molecule has 1 aromatic carbocycles. The van der Waals surface area contributed by atoms with Gasteiger partial charge in [0.05, 0.1) is 0 Å². The smallest absolute Gasteiger partial charge is 0.417 e. The van der Waals surface area contributed by atoms with Gasteiger partial charge in [0.1, 0.15) is 0 Å². The third-order valence-corrected chi connectivity index (χ3v) is 4.37. The van der Waals surface area contributed by atoms with E-state index in [4.69, 9.17) is 4.74 Å². The molecule has 5 nitrogen and oxygen atoms in total. The highest BCUT2D eigenvalue weighted by Crippen LogP contribution is 2.34. The fourth-order valence-corrected chi connectivity index (χ4v) is 3.10. The van der Waals surface area contributed by atoms with E-state index in [1.165, 1.54) is 10.5 Å². The van der Waals surface area contributed by atoms with Crippen LogP contribution in [-0.4, -0.2) is 47.0 Å². The zero-order valence-electron chi connectivity index (χ0n) is 12.7. The number of rotatable bonds is 3. The standard InChI is InChI=1S/C16H20N2O3.ClH/c1-2-18-14(19)16(21-15(18)20)8-10-17(11-9-16)12-13-6-4-3-5-7-13;/h3-7H,2,8-12H2,1H3;1H. The normalized spacial score (nSPS) is 20.9. The number of piperidine rings is 1. The Morgan fingerprint density at radius 1 is 1.14 bits per heavy atom. The van der Waals surface area contributed by atoms with E-state index in [-0.39, 0.29) is 18.3 Å². The summed E-state index contributed by atoms with van der Waals surface area (Å²) < 4.78 is 5.41. The molecule has 0 unspecified atom stereocenters. The Hall–Kier alpha value is -1.59. The molecular weight excluding hydrogens is 304 g/mol. The van der Waals surface area contributed by atoms with Crippen LogP contribution in [0.25, 0.3) is 0 Å². The average molecular weight is 325 g/mol. The lowest BCUT2D eigenvalue weighted by Gasteiger charge is -2.36. The molecule has 6 heteroatoms. The summed E-state index contributed by atoms with van der Waals surface area (Å²) >= 11 is 0. The molecule has 0 radical (unpaired) electrons. The molecule has 0 atom stereocenters. The Balaban J connectivity index is 0.00000176. The Morgan fingerprint density at radius 2 is 1.77 bits per heavy atom. The zero-order chi connectivity index (χ0) is 14.9. The molecule has 2 amide bonds. The number of halogens is 1. The van der Waals surface area contributed by atoms with E-state index in [0.717, 1.165) is 19.6 Å². The highest BCUT2D eigenvalue weighted by Gasteiger charge is 2.54. The van der Waals surface area contributed by atoms with Gasteiger partial charge in [0.2, 0.25) is 0 Å². The van der Waals surface area contributed by atoms with E-state index >= 15 is 0 Å². The molecule has 2 heterocycles. The summed E-state index contributed by atoms with van der Waals surface area (Å²) in [6, 6.07) is 10.3. The van der Waals surface area contributed by atoms with Crippen LogP contribution in [0.5, 0.6) is 0 Å². The average Bonchev–Trinajstić information content (AvgIpc) is 2.73. The summed E-state index contributed by atoms with van der Waals surface area (Å²) in [6.45, 7) is 4.59. The molecule has 1 spiro atoms. The molecule has 0 N–H and O–H groups in total. The number of likely N-dealkylation sites (tertiary alicyclic amines) is 1. The second-order valence-corrected chi connectivity index (χ2v) is 5.67. The fraction of sp³-hybridized carbons (Fsp3) is 0.500. The number of carbonyl (C=O) groups is 2. The van der Waals surface area contributed by atoms with Gasteiger partial charge in [-0.1, -0.05) is 30.3 Å². The van der Waals surface area contributed by atoms with Crippen molar-refractivity contribution >= 4 is 24.4 Å². The molecule has 0 aliphatic carbocycles. The molecule has 2 saturated heterocycles. The van der Waals surface area contributed by atoms with Gasteiger partial charge in [-0.3, -0.25) is 9.69 Å². The van der Waals surface area contributed by atoms with Crippen LogP contribution in [0.4, 0.5) is 4.79 Å². The number of hydrogen-bond acceptors (Lipinski definition) is 4. The molecule has 0 saturated carbocycles. The van der Waals surface area contributed by atoms with Gasteiger partial charge in [0.25, 0.3) is 5.91 Å².